The van der Waals surface area contributed by atoms with Crippen molar-refractivity contribution in [2.24, 2.45) is 5.10 Å². The van der Waals surface area contributed by atoms with Gasteiger partial charge in [0.25, 0.3) is 0 Å². The molecule has 0 saturated heterocycles. The summed E-state index contributed by atoms with van der Waals surface area (Å²) in [6.45, 7) is 3.62. The molecule has 3 rings (SSSR count). The Kier molecular flexibility index (Phi) is 5.25. The Hall–Kier alpha value is -3.47. The summed E-state index contributed by atoms with van der Waals surface area (Å²) in [5.74, 6) is 4.86. The van der Waals surface area contributed by atoms with E-state index in [1.165, 1.54) is 18.2 Å². The minimum Gasteiger partial charge on any atom is -0.279 e. The quantitative estimate of drug-likeness (QED) is 0.491. The third-order valence-electron chi connectivity index (χ3n) is 3.94. The predicted molar refractivity (Wildman–Crippen MR) is 96.8 cm³/mol. The first-order valence-electron chi connectivity index (χ1n) is 8.15. The van der Waals surface area contributed by atoms with E-state index in [4.69, 9.17) is 0 Å². The summed E-state index contributed by atoms with van der Waals surface area (Å²) in [6.07, 6.45) is -6.06. The summed E-state index contributed by atoms with van der Waals surface area (Å²) in [7, 11) is 0. The van der Waals surface area contributed by atoms with E-state index in [9.17, 15) is 26.3 Å². The van der Waals surface area contributed by atoms with Gasteiger partial charge in [-0.15, -0.1) is 0 Å². The van der Waals surface area contributed by atoms with E-state index < -0.39 is 23.5 Å². The fourth-order valence-electron chi connectivity index (χ4n) is 2.48. The molecule has 2 aromatic carbocycles. The van der Waals surface area contributed by atoms with Gasteiger partial charge in [0.2, 0.25) is 0 Å². The van der Waals surface area contributed by atoms with Gasteiger partial charge in [-0.2, -0.15) is 31.4 Å². The van der Waals surface area contributed by atoms with Gasteiger partial charge in [-0.05, 0) is 48.6 Å². The topological polar surface area (TPSA) is 24.4 Å². The van der Waals surface area contributed by atoms with Crippen LogP contribution in [0, 0.1) is 11.8 Å². The zero-order valence-electron chi connectivity index (χ0n) is 14.6. The van der Waals surface area contributed by atoms with Crippen molar-refractivity contribution in [1.82, 2.24) is 5.43 Å². The molecule has 1 heterocycles. The molecule has 0 atom stereocenters. The smallest absolute Gasteiger partial charge is 0.279 e. The molecule has 0 fully saturated rings. The fraction of sp³-hybridized carbons (Fsp3) is 0.0952. The molecule has 2 aromatic rings. The lowest BCUT2D eigenvalue weighted by atomic mass is 10.00. The van der Waals surface area contributed by atoms with Gasteiger partial charge in [-0.3, -0.25) is 5.43 Å². The number of hydrazone groups is 1. The van der Waals surface area contributed by atoms with E-state index >= 15 is 0 Å². The second-order valence-corrected chi connectivity index (χ2v) is 6.05. The van der Waals surface area contributed by atoms with Gasteiger partial charge >= 0.3 is 12.4 Å². The lowest BCUT2D eigenvalue weighted by Crippen LogP contribution is -2.14. The number of benzene rings is 2. The van der Waals surface area contributed by atoms with Crippen LogP contribution >= 0.6 is 0 Å². The highest BCUT2D eigenvalue weighted by molar-refractivity contribution is 6.09. The van der Waals surface area contributed by atoms with Crippen LogP contribution in [0.4, 0.5) is 26.3 Å². The van der Waals surface area contributed by atoms with Gasteiger partial charge < -0.3 is 0 Å². The standard InChI is InChI=1S/C21H12F6N2/c1-13-2-11-19(29-28-13)16-8-7-15(18(12-16)21(25,26)27)6-3-14-4-9-17(10-5-14)20(22,23)24/h2,4-5,7-12,28H,1H2. The third-order valence-corrected chi connectivity index (χ3v) is 3.94. The Labute approximate surface area is 162 Å². The van der Waals surface area contributed by atoms with E-state index in [-0.39, 0.29) is 16.7 Å². The summed E-state index contributed by atoms with van der Waals surface area (Å²) >= 11 is 0. The van der Waals surface area contributed by atoms with Crippen LogP contribution in [0.25, 0.3) is 0 Å². The van der Waals surface area contributed by atoms with Crippen LogP contribution in [-0.4, -0.2) is 5.71 Å². The molecule has 8 heteroatoms. The zero-order valence-corrected chi connectivity index (χ0v) is 14.6. The number of allylic oxidation sites excluding steroid dienone is 2. The van der Waals surface area contributed by atoms with E-state index in [0.717, 1.165) is 30.3 Å². The fourth-order valence-corrected chi connectivity index (χ4v) is 2.48. The van der Waals surface area contributed by atoms with Gasteiger partial charge in [0.1, 0.15) is 0 Å². The van der Waals surface area contributed by atoms with Gasteiger partial charge in [0.15, 0.2) is 0 Å². The second-order valence-electron chi connectivity index (χ2n) is 6.05. The van der Waals surface area contributed by atoms with Crippen molar-refractivity contribution < 1.29 is 26.3 Å². The normalized spacial score (nSPS) is 14.0. The SMILES string of the molecule is C=C1C=CC(c2ccc(C#Cc3ccc(C(F)(F)F)cc3)c(C(F)(F)F)c2)=NN1. The molecule has 0 saturated carbocycles. The summed E-state index contributed by atoms with van der Waals surface area (Å²) in [5.41, 5.74) is 1.66. The monoisotopic (exact) mass is 406 g/mol. The average molecular weight is 406 g/mol. The number of halogens is 6. The van der Waals surface area contributed by atoms with Gasteiger partial charge in [-0.25, -0.2) is 0 Å². The molecule has 1 aliphatic rings. The highest BCUT2D eigenvalue weighted by Crippen LogP contribution is 2.33. The molecule has 0 spiro atoms. The summed E-state index contributed by atoms with van der Waals surface area (Å²) in [5, 5.41) is 3.94. The maximum atomic E-state index is 13.5. The maximum Gasteiger partial charge on any atom is 0.417 e. The molecule has 0 bridgehead atoms. The number of nitrogens with zero attached hydrogens (tertiary/aromatic N) is 1. The lowest BCUT2D eigenvalue weighted by molar-refractivity contribution is -0.138. The van der Waals surface area contributed by atoms with E-state index in [1.807, 2.05) is 0 Å². The number of nitrogens with one attached hydrogen (secondary N) is 1. The molecule has 1 aliphatic heterocycles. The Morgan fingerprint density at radius 1 is 0.828 bits per heavy atom. The van der Waals surface area contributed by atoms with Gasteiger partial charge in [0.05, 0.1) is 16.8 Å². The zero-order chi connectivity index (χ0) is 21.2. The van der Waals surface area contributed by atoms with E-state index in [2.05, 4.69) is 28.9 Å². The summed E-state index contributed by atoms with van der Waals surface area (Å²) in [4.78, 5) is 0. The third kappa shape index (κ3) is 4.88. The van der Waals surface area contributed by atoms with Gasteiger partial charge in [-0.1, -0.05) is 24.5 Å². The molecule has 0 aliphatic carbocycles. The molecule has 148 valence electrons. The lowest BCUT2D eigenvalue weighted by Gasteiger charge is -2.13. The Balaban J connectivity index is 1.95. The minimum atomic E-state index is -4.67. The van der Waals surface area contributed by atoms with Crippen molar-refractivity contribution in [3.05, 3.63) is 94.7 Å². The summed E-state index contributed by atoms with van der Waals surface area (Å²) in [6, 6.07) is 7.43. The molecular formula is C21H12F6N2. The molecule has 2 nitrogen and oxygen atoms in total. The highest BCUT2D eigenvalue weighted by Gasteiger charge is 2.34. The molecule has 0 radical (unpaired) electrons. The Morgan fingerprint density at radius 2 is 1.52 bits per heavy atom. The van der Waals surface area contributed by atoms with Gasteiger partial charge in [0, 0.05) is 22.4 Å². The number of hydrogen-bond donors (Lipinski definition) is 1. The number of alkyl halides is 6. The molecular weight excluding hydrogens is 394 g/mol. The Bertz CT molecular complexity index is 1060. The molecule has 0 aromatic heterocycles. The average Bonchev–Trinajstić information content (AvgIpc) is 2.66. The molecule has 0 amide bonds. The molecule has 0 unspecified atom stereocenters. The van der Waals surface area contributed by atoms with Crippen molar-refractivity contribution in [2.75, 3.05) is 0 Å². The van der Waals surface area contributed by atoms with Crippen molar-refractivity contribution in [1.29, 1.82) is 0 Å². The number of hydrogen-bond acceptors (Lipinski definition) is 2. The highest BCUT2D eigenvalue weighted by atomic mass is 19.4. The maximum absolute atomic E-state index is 13.5. The van der Waals surface area contributed by atoms with Crippen LogP contribution in [0.1, 0.15) is 27.8 Å². The minimum absolute atomic E-state index is 0.164. The van der Waals surface area contributed by atoms with Crippen molar-refractivity contribution in [3.8, 4) is 11.8 Å². The van der Waals surface area contributed by atoms with Crippen LogP contribution < -0.4 is 5.43 Å². The van der Waals surface area contributed by atoms with Crippen molar-refractivity contribution in [2.45, 2.75) is 12.4 Å². The first-order chi connectivity index (χ1) is 13.5. The number of rotatable bonds is 1. The molecule has 1 N–H and O–H groups in total. The van der Waals surface area contributed by atoms with Crippen LogP contribution in [0.5, 0.6) is 0 Å². The van der Waals surface area contributed by atoms with Crippen LogP contribution in [-0.2, 0) is 12.4 Å². The first kappa shape index (κ1) is 20.3. The molecule has 29 heavy (non-hydrogen) atoms. The largest absolute Gasteiger partial charge is 0.417 e. The summed E-state index contributed by atoms with van der Waals surface area (Å²) < 4.78 is 78.2. The second kappa shape index (κ2) is 7.51. The van der Waals surface area contributed by atoms with E-state index in [0.29, 0.717) is 11.4 Å². The van der Waals surface area contributed by atoms with Crippen molar-refractivity contribution in [3.63, 3.8) is 0 Å². The first-order valence-corrected chi connectivity index (χ1v) is 8.15. The van der Waals surface area contributed by atoms with Crippen LogP contribution in [0.15, 0.2) is 72.0 Å². The van der Waals surface area contributed by atoms with Crippen molar-refractivity contribution >= 4 is 5.71 Å². The van der Waals surface area contributed by atoms with Crippen LogP contribution in [0.3, 0.4) is 0 Å². The predicted octanol–water partition coefficient (Wildman–Crippen LogP) is 5.50. The van der Waals surface area contributed by atoms with E-state index in [1.54, 1.807) is 6.08 Å². The Morgan fingerprint density at radius 3 is 2.07 bits per heavy atom. The van der Waals surface area contributed by atoms with Crippen LogP contribution in [0.2, 0.25) is 0 Å².